The molecule has 4 heteroatoms. The highest BCUT2D eigenvalue weighted by Crippen LogP contribution is 2.52. The Morgan fingerprint density at radius 2 is 2.00 bits per heavy atom. The average molecular weight is 324 g/mol. The topological polar surface area (TPSA) is 56.7 Å². The molecule has 0 unspecified atom stereocenters. The SMILES string of the molecule is CCCCn1nc(C2(c3ccccc3)CC2)nc1[C@@H]1CC[C@H](N)C1. The Balaban J connectivity index is 1.68. The number of benzene rings is 1. The van der Waals surface area contributed by atoms with Gasteiger partial charge in [-0.3, -0.25) is 0 Å². The van der Waals surface area contributed by atoms with E-state index >= 15 is 0 Å². The molecular weight excluding hydrogens is 296 g/mol. The largest absolute Gasteiger partial charge is 0.328 e. The number of unbranched alkanes of at least 4 members (excludes halogenated alkanes) is 1. The van der Waals surface area contributed by atoms with Crippen molar-refractivity contribution in [1.82, 2.24) is 14.8 Å². The normalized spacial score (nSPS) is 25.1. The molecule has 2 fully saturated rings. The summed E-state index contributed by atoms with van der Waals surface area (Å²) in [6, 6.07) is 11.1. The second kappa shape index (κ2) is 6.32. The summed E-state index contributed by atoms with van der Waals surface area (Å²) in [5.74, 6) is 2.72. The summed E-state index contributed by atoms with van der Waals surface area (Å²) >= 11 is 0. The highest BCUT2D eigenvalue weighted by molar-refractivity contribution is 5.39. The van der Waals surface area contributed by atoms with Gasteiger partial charge in [-0.1, -0.05) is 43.7 Å². The number of rotatable bonds is 6. The zero-order valence-corrected chi connectivity index (χ0v) is 14.6. The fourth-order valence-corrected chi connectivity index (χ4v) is 4.11. The predicted octanol–water partition coefficient (Wildman–Crippen LogP) is 3.75. The van der Waals surface area contributed by atoms with Gasteiger partial charge >= 0.3 is 0 Å². The van der Waals surface area contributed by atoms with Crippen LogP contribution in [-0.2, 0) is 12.0 Å². The first-order valence-electron chi connectivity index (χ1n) is 9.49. The van der Waals surface area contributed by atoms with Crippen LogP contribution >= 0.6 is 0 Å². The van der Waals surface area contributed by atoms with Gasteiger partial charge in [0.05, 0.1) is 5.41 Å². The summed E-state index contributed by atoms with van der Waals surface area (Å²) in [6.45, 7) is 3.21. The summed E-state index contributed by atoms with van der Waals surface area (Å²) in [6.07, 6.45) is 8.00. The van der Waals surface area contributed by atoms with Crippen molar-refractivity contribution >= 4 is 0 Å². The van der Waals surface area contributed by atoms with Crippen LogP contribution in [0.15, 0.2) is 30.3 Å². The Labute approximate surface area is 144 Å². The van der Waals surface area contributed by atoms with Gasteiger partial charge in [-0.05, 0) is 44.1 Å². The Bertz CT molecular complexity index is 687. The highest BCUT2D eigenvalue weighted by Gasteiger charge is 2.50. The highest BCUT2D eigenvalue weighted by atomic mass is 15.4. The van der Waals surface area contributed by atoms with Crippen LogP contribution < -0.4 is 5.73 Å². The lowest BCUT2D eigenvalue weighted by Gasteiger charge is -2.11. The molecule has 2 aliphatic rings. The average Bonchev–Trinajstić information content (AvgIpc) is 3.13. The van der Waals surface area contributed by atoms with Crippen LogP contribution in [0.25, 0.3) is 0 Å². The van der Waals surface area contributed by atoms with Gasteiger partial charge < -0.3 is 5.73 Å². The molecule has 2 N–H and O–H groups in total. The molecule has 0 radical (unpaired) electrons. The van der Waals surface area contributed by atoms with E-state index in [9.17, 15) is 0 Å². The van der Waals surface area contributed by atoms with Crippen LogP contribution in [0.4, 0.5) is 0 Å². The standard InChI is InChI=1S/C20H28N4/c1-2-3-13-24-18(15-9-10-17(21)14-15)22-19(23-24)20(11-12-20)16-7-5-4-6-8-16/h4-8,15,17H,2-3,9-14,21H2,1H3/t15-,17+/m1/s1. The van der Waals surface area contributed by atoms with Crippen molar-refractivity contribution in [1.29, 1.82) is 0 Å². The van der Waals surface area contributed by atoms with Crippen LogP contribution in [0, 0.1) is 0 Å². The molecule has 0 aliphatic heterocycles. The maximum Gasteiger partial charge on any atom is 0.161 e. The first-order chi connectivity index (χ1) is 11.7. The van der Waals surface area contributed by atoms with Gasteiger partial charge in [0, 0.05) is 18.5 Å². The minimum absolute atomic E-state index is 0.0637. The molecule has 4 nitrogen and oxygen atoms in total. The van der Waals surface area contributed by atoms with E-state index in [1.807, 2.05) is 0 Å². The number of nitrogens with zero attached hydrogens (tertiary/aromatic N) is 3. The van der Waals surface area contributed by atoms with Gasteiger partial charge in [-0.15, -0.1) is 0 Å². The third-order valence-corrected chi connectivity index (χ3v) is 5.77. The van der Waals surface area contributed by atoms with E-state index in [0.29, 0.717) is 12.0 Å². The maximum atomic E-state index is 6.15. The fourth-order valence-electron chi connectivity index (χ4n) is 4.11. The van der Waals surface area contributed by atoms with Gasteiger partial charge in [0.15, 0.2) is 5.82 Å². The molecule has 2 aromatic rings. The number of hydrogen-bond donors (Lipinski definition) is 1. The van der Waals surface area contributed by atoms with Crippen molar-refractivity contribution in [3.63, 3.8) is 0 Å². The molecule has 1 heterocycles. The minimum atomic E-state index is 0.0637. The molecule has 128 valence electrons. The third-order valence-electron chi connectivity index (χ3n) is 5.77. The van der Waals surface area contributed by atoms with Crippen LogP contribution in [0.3, 0.4) is 0 Å². The molecule has 1 aromatic carbocycles. The Kier molecular flexibility index (Phi) is 4.17. The zero-order chi connectivity index (χ0) is 16.6. The summed E-state index contributed by atoms with van der Waals surface area (Å²) < 4.78 is 2.20. The number of aryl methyl sites for hydroxylation is 1. The molecule has 24 heavy (non-hydrogen) atoms. The Hall–Kier alpha value is -1.68. The summed E-state index contributed by atoms with van der Waals surface area (Å²) in [4.78, 5) is 5.09. The van der Waals surface area contributed by atoms with Crippen molar-refractivity contribution < 1.29 is 0 Å². The van der Waals surface area contributed by atoms with Gasteiger partial charge in [0.2, 0.25) is 0 Å². The third kappa shape index (κ3) is 2.77. The number of aromatic nitrogens is 3. The van der Waals surface area contributed by atoms with E-state index in [1.54, 1.807) is 0 Å². The first kappa shape index (κ1) is 15.8. The van der Waals surface area contributed by atoms with Crippen LogP contribution in [0.2, 0.25) is 0 Å². The van der Waals surface area contributed by atoms with E-state index in [1.165, 1.54) is 30.7 Å². The lowest BCUT2D eigenvalue weighted by Crippen LogP contribution is -2.15. The molecule has 1 aromatic heterocycles. The summed E-state index contributed by atoms with van der Waals surface area (Å²) in [5.41, 5.74) is 7.58. The molecule has 2 aliphatic carbocycles. The first-order valence-corrected chi connectivity index (χ1v) is 9.49. The second-order valence-electron chi connectivity index (χ2n) is 7.59. The lowest BCUT2D eigenvalue weighted by atomic mass is 9.95. The zero-order valence-electron chi connectivity index (χ0n) is 14.6. The molecule has 0 amide bonds. The monoisotopic (exact) mass is 324 g/mol. The van der Waals surface area contributed by atoms with Crippen LogP contribution in [-0.4, -0.2) is 20.8 Å². The smallest absolute Gasteiger partial charge is 0.161 e. The quantitative estimate of drug-likeness (QED) is 0.880. The molecular formula is C20H28N4. The molecule has 0 saturated heterocycles. The van der Waals surface area contributed by atoms with E-state index in [2.05, 4.69) is 41.9 Å². The van der Waals surface area contributed by atoms with Gasteiger partial charge in [0.1, 0.15) is 5.82 Å². The number of hydrogen-bond acceptors (Lipinski definition) is 3. The van der Waals surface area contributed by atoms with Crippen LogP contribution in [0.1, 0.15) is 75.0 Å². The van der Waals surface area contributed by atoms with Crippen molar-refractivity contribution in [2.24, 2.45) is 5.73 Å². The van der Waals surface area contributed by atoms with Gasteiger partial charge in [0.25, 0.3) is 0 Å². The lowest BCUT2D eigenvalue weighted by molar-refractivity contribution is 0.507. The molecule has 0 bridgehead atoms. The Morgan fingerprint density at radius 3 is 2.62 bits per heavy atom. The number of nitrogens with two attached hydrogens (primary N) is 1. The van der Waals surface area contributed by atoms with Crippen molar-refractivity contribution in [2.45, 2.75) is 75.8 Å². The predicted molar refractivity (Wildman–Crippen MR) is 96.0 cm³/mol. The molecule has 4 rings (SSSR count). The van der Waals surface area contributed by atoms with Gasteiger partial charge in [-0.2, -0.15) is 5.10 Å². The van der Waals surface area contributed by atoms with Gasteiger partial charge in [-0.25, -0.2) is 9.67 Å². The molecule has 0 spiro atoms. The van der Waals surface area contributed by atoms with Crippen LogP contribution in [0.5, 0.6) is 0 Å². The van der Waals surface area contributed by atoms with Crippen molar-refractivity contribution in [3.8, 4) is 0 Å². The van der Waals surface area contributed by atoms with E-state index in [0.717, 1.165) is 38.1 Å². The second-order valence-corrected chi connectivity index (χ2v) is 7.59. The van der Waals surface area contributed by atoms with E-state index < -0.39 is 0 Å². The fraction of sp³-hybridized carbons (Fsp3) is 0.600. The minimum Gasteiger partial charge on any atom is -0.328 e. The maximum absolute atomic E-state index is 6.15. The van der Waals surface area contributed by atoms with Crippen molar-refractivity contribution in [3.05, 3.63) is 47.5 Å². The molecule has 2 saturated carbocycles. The van der Waals surface area contributed by atoms with E-state index in [4.69, 9.17) is 15.8 Å². The Morgan fingerprint density at radius 1 is 1.21 bits per heavy atom. The summed E-state index contributed by atoms with van der Waals surface area (Å²) in [7, 11) is 0. The summed E-state index contributed by atoms with van der Waals surface area (Å²) in [5, 5.41) is 4.99. The van der Waals surface area contributed by atoms with Crippen molar-refractivity contribution in [2.75, 3.05) is 0 Å². The van der Waals surface area contributed by atoms with E-state index in [-0.39, 0.29) is 5.41 Å². The molecule has 2 atom stereocenters.